The summed E-state index contributed by atoms with van der Waals surface area (Å²) in [6.07, 6.45) is 1.03. The van der Waals surface area contributed by atoms with Crippen molar-refractivity contribution in [1.82, 2.24) is 10.2 Å². The number of carbonyl (C=O) groups is 2. The van der Waals surface area contributed by atoms with Crippen molar-refractivity contribution in [3.63, 3.8) is 0 Å². The van der Waals surface area contributed by atoms with Gasteiger partial charge in [-0.2, -0.15) is 0 Å². The zero-order chi connectivity index (χ0) is 29.4. The Balaban J connectivity index is 2.07. The average Bonchev–Trinajstić information content (AvgIpc) is 2.93. The van der Waals surface area contributed by atoms with Crippen molar-refractivity contribution in [3.8, 4) is 0 Å². The predicted octanol–water partition coefficient (Wildman–Crippen LogP) is 6.22. The normalized spacial score (nSPS) is 12.8. The fourth-order valence-electron chi connectivity index (χ4n) is 4.15. The van der Waals surface area contributed by atoms with Crippen LogP contribution < -0.4 is 9.62 Å². The van der Waals surface area contributed by atoms with Crippen LogP contribution >= 0.6 is 23.2 Å². The van der Waals surface area contributed by atoms with Crippen LogP contribution in [0.3, 0.4) is 0 Å². The highest BCUT2D eigenvalue weighted by Gasteiger charge is 2.34. The second-order valence-corrected chi connectivity index (χ2v) is 12.4. The summed E-state index contributed by atoms with van der Waals surface area (Å²) in [5.74, 6) is -0.861. The van der Waals surface area contributed by atoms with E-state index in [1.165, 1.54) is 17.0 Å². The van der Waals surface area contributed by atoms with E-state index in [-0.39, 0.29) is 23.4 Å². The van der Waals surface area contributed by atoms with Crippen LogP contribution in [0.2, 0.25) is 10.0 Å². The van der Waals surface area contributed by atoms with E-state index in [1.54, 1.807) is 60.7 Å². The molecule has 0 radical (unpaired) electrons. The van der Waals surface area contributed by atoms with E-state index in [0.717, 1.165) is 16.3 Å². The minimum atomic E-state index is -4.12. The first-order valence-electron chi connectivity index (χ1n) is 13.2. The summed E-state index contributed by atoms with van der Waals surface area (Å²) < 4.78 is 28.7. The molecule has 2 amide bonds. The molecule has 3 aromatic carbocycles. The Labute approximate surface area is 247 Å². The summed E-state index contributed by atoms with van der Waals surface area (Å²) in [6, 6.07) is 18.8. The molecular formula is C30H35Cl2N3O4S. The van der Waals surface area contributed by atoms with Crippen LogP contribution in [0.15, 0.2) is 77.7 Å². The first-order chi connectivity index (χ1) is 19.0. The van der Waals surface area contributed by atoms with E-state index < -0.39 is 28.5 Å². The standard InChI is InChI=1S/C30H35Cl2N3O4S/c1-5-22(4)33-30(37)28(6-2)34(19-23-14-15-24(31)18-27(23)32)29(36)20-35(25-16-12-21(3)13-17-25)40(38,39)26-10-8-7-9-11-26/h7-18,22,28H,5-6,19-20H2,1-4H3,(H,33,37)/t22-,28-/m1/s1. The number of halogens is 2. The Morgan fingerprint density at radius 1 is 0.925 bits per heavy atom. The van der Waals surface area contributed by atoms with Gasteiger partial charge in [0.2, 0.25) is 11.8 Å². The molecule has 3 aromatic rings. The Morgan fingerprint density at radius 2 is 1.57 bits per heavy atom. The number of benzene rings is 3. The predicted molar refractivity (Wildman–Crippen MR) is 161 cm³/mol. The maximum Gasteiger partial charge on any atom is 0.264 e. The fraction of sp³-hybridized carbons (Fsp3) is 0.333. The third-order valence-electron chi connectivity index (χ3n) is 6.67. The van der Waals surface area contributed by atoms with Crippen molar-refractivity contribution < 1.29 is 18.0 Å². The number of aryl methyl sites for hydroxylation is 1. The third-order valence-corrected chi connectivity index (χ3v) is 9.05. The van der Waals surface area contributed by atoms with E-state index in [9.17, 15) is 18.0 Å². The van der Waals surface area contributed by atoms with Crippen molar-refractivity contribution in [1.29, 1.82) is 0 Å². The van der Waals surface area contributed by atoms with E-state index in [2.05, 4.69) is 5.32 Å². The summed E-state index contributed by atoms with van der Waals surface area (Å²) in [4.78, 5) is 28.9. The topological polar surface area (TPSA) is 86.8 Å². The molecule has 3 rings (SSSR count). The Bertz CT molecular complexity index is 1420. The monoisotopic (exact) mass is 603 g/mol. The van der Waals surface area contributed by atoms with E-state index in [1.807, 2.05) is 27.7 Å². The summed E-state index contributed by atoms with van der Waals surface area (Å²) in [5, 5.41) is 3.73. The van der Waals surface area contributed by atoms with Gasteiger partial charge in [-0.15, -0.1) is 0 Å². The maximum absolute atomic E-state index is 14.1. The fourth-order valence-corrected chi connectivity index (χ4v) is 6.06. The molecule has 0 spiro atoms. The Hall–Kier alpha value is -3.07. The second kappa shape index (κ2) is 14.0. The lowest BCUT2D eigenvalue weighted by Crippen LogP contribution is -2.53. The molecular weight excluding hydrogens is 569 g/mol. The Kier molecular flexibility index (Phi) is 11.0. The molecule has 214 valence electrons. The number of anilines is 1. The summed E-state index contributed by atoms with van der Waals surface area (Å²) in [6.45, 7) is 7.02. The van der Waals surface area contributed by atoms with Crippen LogP contribution in [0.4, 0.5) is 5.69 Å². The Morgan fingerprint density at radius 3 is 2.15 bits per heavy atom. The molecule has 0 heterocycles. The van der Waals surface area contributed by atoms with Gasteiger partial charge in [-0.25, -0.2) is 8.42 Å². The highest BCUT2D eigenvalue weighted by molar-refractivity contribution is 7.92. The van der Waals surface area contributed by atoms with Crippen molar-refractivity contribution in [2.75, 3.05) is 10.8 Å². The van der Waals surface area contributed by atoms with Crippen LogP contribution in [-0.2, 0) is 26.2 Å². The van der Waals surface area contributed by atoms with Gasteiger partial charge in [0.15, 0.2) is 0 Å². The lowest BCUT2D eigenvalue weighted by Gasteiger charge is -2.34. The molecule has 40 heavy (non-hydrogen) atoms. The number of nitrogens with one attached hydrogen (secondary N) is 1. The van der Waals surface area contributed by atoms with Gasteiger partial charge in [-0.3, -0.25) is 13.9 Å². The van der Waals surface area contributed by atoms with Gasteiger partial charge < -0.3 is 10.2 Å². The first kappa shape index (κ1) is 31.5. The highest BCUT2D eigenvalue weighted by atomic mass is 35.5. The second-order valence-electron chi connectivity index (χ2n) is 9.66. The first-order valence-corrected chi connectivity index (χ1v) is 15.4. The quantitative estimate of drug-likeness (QED) is 0.266. The van der Waals surface area contributed by atoms with Crippen molar-refractivity contribution in [3.05, 3.63) is 94.0 Å². The van der Waals surface area contributed by atoms with E-state index >= 15 is 0 Å². The number of hydrogen-bond donors (Lipinski definition) is 1. The molecule has 0 aliphatic carbocycles. The van der Waals surface area contributed by atoms with Crippen LogP contribution in [0.1, 0.15) is 44.7 Å². The van der Waals surface area contributed by atoms with Gasteiger partial charge in [0.05, 0.1) is 10.6 Å². The van der Waals surface area contributed by atoms with Crippen LogP contribution in [0.25, 0.3) is 0 Å². The summed E-state index contributed by atoms with van der Waals surface area (Å²) in [5.41, 5.74) is 1.87. The number of rotatable bonds is 12. The number of hydrogen-bond acceptors (Lipinski definition) is 4. The molecule has 0 unspecified atom stereocenters. The number of sulfonamides is 1. The van der Waals surface area contributed by atoms with Crippen LogP contribution in [0, 0.1) is 6.92 Å². The van der Waals surface area contributed by atoms with Gasteiger partial charge in [0.1, 0.15) is 12.6 Å². The van der Waals surface area contributed by atoms with Crippen molar-refractivity contribution >= 4 is 50.7 Å². The molecule has 1 N–H and O–H groups in total. The number of carbonyl (C=O) groups excluding carboxylic acids is 2. The van der Waals surface area contributed by atoms with E-state index in [4.69, 9.17) is 23.2 Å². The highest BCUT2D eigenvalue weighted by Crippen LogP contribution is 2.27. The van der Waals surface area contributed by atoms with Gasteiger partial charge in [-0.1, -0.05) is 79.0 Å². The van der Waals surface area contributed by atoms with Crippen LogP contribution in [0.5, 0.6) is 0 Å². The minimum absolute atomic E-state index is 0.00556. The van der Waals surface area contributed by atoms with Gasteiger partial charge >= 0.3 is 0 Å². The minimum Gasteiger partial charge on any atom is -0.352 e. The van der Waals surface area contributed by atoms with Gasteiger partial charge in [0.25, 0.3) is 10.0 Å². The molecule has 0 aliphatic heterocycles. The molecule has 7 nitrogen and oxygen atoms in total. The zero-order valence-electron chi connectivity index (χ0n) is 23.1. The lowest BCUT2D eigenvalue weighted by molar-refractivity contribution is -0.140. The zero-order valence-corrected chi connectivity index (χ0v) is 25.4. The molecule has 2 atom stereocenters. The molecule has 0 bridgehead atoms. The molecule has 10 heteroatoms. The SMILES string of the molecule is CC[C@@H](C)NC(=O)[C@@H](CC)N(Cc1ccc(Cl)cc1Cl)C(=O)CN(c1ccc(C)cc1)S(=O)(=O)c1ccccc1. The van der Waals surface area contributed by atoms with E-state index in [0.29, 0.717) is 27.7 Å². The van der Waals surface area contributed by atoms with Crippen molar-refractivity contribution in [2.45, 2.75) is 64.1 Å². The summed E-state index contributed by atoms with van der Waals surface area (Å²) >= 11 is 12.5. The molecule has 0 saturated heterocycles. The summed E-state index contributed by atoms with van der Waals surface area (Å²) in [7, 11) is -4.12. The van der Waals surface area contributed by atoms with Gasteiger partial charge in [-0.05, 0) is 68.7 Å². The maximum atomic E-state index is 14.1. The van der Waals surface area contributed by atoms with Gasteiger partial charge in [0, 0.05) is 22.6 Å². The molecule has 0 fully saturated rings. The lowest BCUT2D eigenvalue weighted by atomic mass is 10.1. The smallest absolute Gasteiger partial charge is 0.264 e. The molecule has 0 aliphatic rings. The van der Waals surface area contributed by atoms with Crippen molar-refractivity contribution in [2.24, 2.45) is 0 Å². The average molecular weight is 605 g/mol. The number of nitrogens with zero attached hydrogens (tertiary/aromatic N) is 2. The molecule has 0 aromatic heterocycles. The molecule has 0 saturated carbocycles. The number of amides is 2. The largest absolute Gasteiger partial charge is 0.352 e. The third kappa shape index (κ3) is 7.77. The van der Waals surface area contributed by atoms with Crippen LogP contribution in [-0.4, -0.2) is 43.8 Å².